The predicted octanol–water partition coefficient (Wildman–Crippen LogP) is 3.95. The third-order valence-electron chi connectivity index (χ3n) is 3.74. The Bertz CT molecular complexity index is 903. The molecule has 0 radical (unpaired) electrons. The van der Waals surface area contributed by atoms with Gasteiger partial charge in [-0.05, 0) is 43.2 Å². The van der Waals surface area contributed by atoms with Gasteiger partial charge in [0.15, 0.2) is 0 Å². The Balaban J connectivity index is 1.82. The van der Waals surface area contributed by atoms with Crippen molar-refractivity contribution in [1.29, 1.82) is 5.26 Å². The molecule has 3 rings (SSSR count). The third kappa shape index (κ3) is 3.87. The maximum absolute atomic E-state index is 12.3. The number of nitrogens with zero attached hydrogens (tertiary/aromatic N) is 2. The van der Waals surface area contributed by atoms with Gasteiger partial charge in [-0.1, -0.05) is 11.6 Å². The van der Waals surface area contributed by atoms with Crippen molar-refractivity contribution in [3.63, 3.8) is 0 Å². The zero-order valence-electron chi connectivity index (χ0n) is 13.0. The minimum atomic E-state index is -0.514. The Morgan fingerprint density at radius 2 is 2.04 bits per heavy atom. The van der Waals surface area contributed by atoms with E-state index < -0.39 is 10.8 Å². The molecule has 0 aromatic heterocycles. The summed E-state index contributed by atoms with van der Waals surface area (Å²) in [7, 11) is 0. The molecule has 0 heterocycles. The van der Waals surface area contributed by atoms with Crippen molar-refractivity contribution < 1.29 is 9.72 Å². The molecule has 0 atom stereocenters. The molecule has 2 N–H and O–H groups in total. The lowest BCUT2D eigenvalue weighted by Gasteiger charge is -2.09. The summed E-state index contributed by atoms with van der Waals surface area (Å²) in [5.41, 5.74) is 1.12. The van der Waals surface area contributed by atoms with Gasteiger partial charge in [-0.25, -0.2) is 0 Å². The summed E-state index contributed by atoms with van der Waals surface area (Å²) in [5.74, 6) is -0.498. The van der Waals surface area contributed by atoms with Gasteiger partial charge in [0.25, 0.3) is 11.6 Å². The molecule has 25 heavy (non-hydrogen) atoms. The number of carbonyl (C=O) groups is 1. The standard InChI is InChI=1S/C17H13ClN4O3/c18-14-8-13(3-1-11(14)9-19)21-17(23)10-2-6-15(20-12-4-5-12)16(7-10)22(24)25/h1-3,6-8,12,20H,4-5H2,(H,21,23). The van der Waals surface area contributed by atoms with E-state index in [-0.39, 0.29) is 22.3 Å². The molecule has 2 aromatic rings. The molecular formula is C17H13ClN4O3. The summed E-state index contributed by atoms with van der Waals surface area (Å²) in [6, 6.07) is 11.0. The van der Waals surface area contributed by atoms with Crippen LogP contribution in [0.2, 0.25) is 5.02 Å². The van der Waals surface area contributed by atoms with E-state index in [1.807, 2.05) is 6.07 Å². The van der Waals surface area contributed by atoms with E-state index in [0.717, 1.165) is 12.8 Å². The minimum Gasteiger partial charge on any atom is -0.377 e. The normalized spacial score (nSPS) is 13.0. The molecule has 0 unspecified atom stereocenters. The molecule has 8 heteroatoms. The highest BCUT2D eigenvalue weighted by atomic mass is 35.5. The van der Waals surface area contributed by atoms with Crippen molar-refractivity contribution in [2.75, 3.05) is 10.6 Å². The van der Waals surface area contributed by atoms with Gasteiger partial charge in [-0.3, -0.25) is 14.9 Å². The van der Waals surface area contributed by atoms with Crippen molar-refractivity contribution in [3.8, 4) is 6.07 Å². The van der Waals surface area contributed by atoms with Gasteiger partial charge in [-0.15, -0.1) is 0 Å². The van der Waals surface area contributed by atoms with Crippen LogP contribution >= 0.6 is 11.6 Å². The van der Waals surface area contributed by atoms with Gasteiger partial charge in [0.1, 0.15) is 11.8 Å². The molecular weight excluding hydrogens is 344 g/mol. The Kier molecular flexibility index (Phi) is 4.55. The fraction of sp³-hybridized carbons (Fsp3) is 0.176. The summed E-state index contributed by atoms with van der Waals surface area (Å²) in [4.78, 5) is 23.1. The Labute approximate surface area is 148 Å². The van der Waals surface area contributed by atoms with Gasteiger partial charge >= 0.3 is 0 Å². The predicted molar refractivity (Wildman–Crippen MR) is 93.9 cm³/mol. The molecule has 0 bridgehead atoms. The van der Waals surface area contributed by atoms with E-state index in [2.05, 4.69) is 10.6 Å². The van der Waals surface area contributed by atoms with Crippen LogP contribution in [-0.4, -0.2) is 16.9 Å². The number of hydrogen-bond acceptors (Lipinski definition) is 5. The Morgan fingerprint density at radius 1 is 1.28 bits per heavy atom. The second-order valence-electron chi connectivity index (χ2n) is 5.67. The van der Waals surface area contributed by atoms with Gasteiger partial charge in [0.2, 0.25) is 0 Å². The van der Waals surface area contributed by atoms with Gasteiger partial charge in [0.05, 0.1) is 15.5 Å². The number of rotatable bonds is 5. The summed E-state index contributed by atoms with van der Waals surface area (Å²) < 4.78 is 0. The highest BCUT2D eigenvalue weighted by molar-refractivity contribution is 6.32. The van der Waals surface area contributed by atoms with Crippen LogP contribution in [0.1, 0.15) is 28.8 Å². The summed E-state index contributed by atoms with van der Waals surface area (Å²) in [6.07, 6.45) is 1.97. The summed E-state index contributed by atoms with van der Waals surface area (Å²) in [6.45, 7) is 0. The van der Waals surface area contributed by atoms with E-state index >= 15 is 0 Å². The zero-order chi connectivity index (χ0) is 18.0. The van der Waals surface area contributed by atoms with E-state index in [9.17, 15) is 14.9 Å². The molecule has 2 aromatic carbocycles. The van der Waals surface area contributed by atoms with Crippen molar-refractivity contribution in [2.24, 2.45) is 0 Å². The molecule has 1 saturated carbocycles. The van der Waals surface area contributed by atoms with Crippen LogP contribution in [0.15, 0.2) is 36.4 Å². The number of halogens is 1. The number of hydrogen-bond donors (Lipinski definition) is 2. The Hall–Kier alpha value is -3.11. The van der Waals surface area contributed by atoms with Crippen LogP contribution in [-0.2, 0) is 0 Å². The SMILES string of the molecule is N#Cc1ccc(NC(=O)c2ccc(NC3CC3)c([N+](=O)[O-])c2)cc1Cl. The van der Waals surface area contributed by atoms with Crippen LogP contribution in [0.5, 0.6) is 0 Å². The van der Waals surface area contributed by atoms with Crippen molar-refractivity contribution in [3.05, 3.63) is 62.7 Å². The average Bonchev–Trinajstić information content (AvgIpc) is 3.39. The first kappa shape index (κ1) is 16.7. The molecule has 0 aliphatic heterocycles. The molecule has 1 aliphatic carbocycles. The largest absolute Gasteiger partial charge is 0.377 e. The van der Waals surface area contributed by atoms with E-state index in [1.165, 1.54) is 30.3 Å². The second-order valence-corrected chi connectivity index (χ2v) is 6.08. The maximum Gasteiger partial charge on any atom is 0.293 e. The molecule has 7 nitrogen and oxygen atoms in total. The quantitative estimate of drug-likeness (QED) is 0.623. The van der Waals surface area contributed by atoms with Crippen molar-refractivity contribution in [2.45, 2.75) is 18.9 Å². The second kappa shape index (κ2) is 6.79. The van der Waals surface area contributed by atoms with Crippen LogP contribution in [0.4, 0.5) is 17.1 Å². The zero-order valence-corrected chi connectivity index (χ0v) is 13.7. The van der Waals surface area contributed by atoms with Crippen LogP contribution in [0, 0.1) is 21.4 Å². The van der Waals surface area contributed by atoms with E-state index in [4.69, 9.17) is 16.9 Å². The van der Waals surface area contributed by atoms with E-state index in [1.54, 1.807) is 6.07 Å². The van der Waals surface area contributed by atoms with Gasteiger partial charge in [0, 0.05) is 23.4 Å². The average molecular weight is 357 g/mol. The number of nitrogens with one attached hydrogen (secondary N) is 2. The number of benzene rings is 2. The smallest absolute Gasteiger partial charge is 0.293 e. The molecule has 0 spiro atoms. The fourth-order valence-corrected chi connectivity index (χ4v) is 2.50. The number of nitro benzene ring substituents is 1. The molecule has 1 fully saturated rings. The van der Waals surface area contributed by atoms with Crippen LogP contribution < -0.4 is 10.6 Å². The lowest BCUT2D eigenvalue weighted by atomic mass is 10.1. The third-order valence-corrected chi connectivity index (χ3v) is 4.05. The Morgan fingerprint density at radius 3 is 2.64 bits per heavy atom. The first-order valence-electron chi connectivity index (χ1n) is 7.54. The monoisotopic (exact) mass is 356 g/mol. The number of nitriles is 1. The molecule has 0 saturated heterocycles. The summed E-state index contributed by atoms with van der Waals surface area (Å²) >= 11 is 5.93. The van der Waals surface area contributed by atoms with E-state index in [0.29, 0.717) is 16.9 Å². The maximum atomic E-state index is 12.3. The topological polar surface area (TPSA) is 108 Å². The van der Waals surface area contributed by atoms with Gasteiger partial charge < -0.3 is 10.6 Å². The van der Waals surface area contributed by atoms with Crippen molar-refractivity contribution >= 4 is 34.6 Å². The first-order valence-corrected chi connectivity index (χ1v) is 7.91. The highest BCUT2D eigenvalue weighted by Gasteiger charge is 2.25. The summed E-state index contributed by atoms with van der Waals surface area (Å²) in [5, 5.41) is 26.0. The lowest BCUT2D eigenvalue weighted by Crippen LogP contribution is -2.13. The van der Waals surface area contributed by atoms with Crippen molar-refractivity contribution in [1.82, 2.24) is 0 Å². The molecule has 126 valence electrons. The van der Waals surface area contributed by atoms with Crippen LogP contribution in [0.25, 0.3) is 0 Å². The molecule has 1 amide bonds. The van der Waals surface area contributed by atoms with Gasteiger partial charge in [-0.2, -0.15) is 5.26 Å². The molecule has 1 aliphatic rings. The minimum absolute atomic E-state index is 0.141. The highest BCUT2D eigenvalue weighted by Crippen LogP contribution is 2.31. The number of anilines is 2. The van der Waals surface area contributed by atoms with Crippen LogP contribution in [0.3, 0.4) is 0 Å². The first-order chi connectivity index (χ1) is 12.0. The number of nitro groups is 1. The number of carbonyl (C=O) groups excluding carboxylic acids is 1. The fourth-order valence-electron chi connectivity index (χ4n) is 2.28. The number of amides is 1. The lowest BCUT2D eigenvalue weighted by molar-refractivity contribution is -0.384.